The van der Waals surface area contributed by atoms with Crippen molar-refractivity contribution in [1.29, 1.82) is 0 Å². The highest BCUT2D eigenvalue weighted by Gasteiger charge is 2.30. The predicted octanol–water partition coefficient (Wildman–Crippen LogP) is 3.03. The number of rotatable bonds is 4. The van der Waals surface area contributed by atoms with Gasteiger partial charge in [0.25, 0.3) is 0 Å². The number of carbonyl (C=O) groups is 2. The molecule has 0 unspecified atom stereocenters. The largest absolute Gasteiger partial charge is 0.480 e. The second kappa shape index (κ2) is 6.32. The first-order valence-corrected chi connectivity index (χ1v) is 7.42. The summed E-state index contributed by atoms with van der Waals surface area (Å²) in [4.78, 5) is 28.0. The lowest BCUT2D eigenvalue weighted by molar-refractivity contribution is -0.142. The zero-order valence-electron chi connectivity index (χ0n) is 13.8. The van der Waals surface area contributed by atoms with Crippen molar-refractivity contribution >= 4 is 23.0 Å². The topological polar surface area (TPSA) is 82.6 Å². The van der Waals surface area contributed by atoms with Crippen molar-refractivity contribution in [1.82, 2.24) is 9.88 Å². The van der Waals surface area contributed by atoms with E-state index in [0.717, 1.165) is 21.4 Å². The number of nitrogens with zero attached hydrogens (tertiary/aromatic N) is 1. The fourth-order valence-corrected chi connectivity index (χ4v) is 2.36. The van der Waals surface area contributed by atoms with Gasteiger partial charge in [0.05, 0.1) is 0 Å². The summed E-state index contributed by atoms with van der Waals surface area (Å²) in [5.74, 6) is -1.07. The molecule has 1 amide bonds. The Bertz CT molecular complexity index is 715. The number of likely N-dealkylation sites (N-methyl/N-ethyl adjacent to an activating group) is 1. The first-order chi connectivity index (χ1) is 10.7. The summed E-state index contributed by atoms with van der Waals surface area (Å²) in [5, 5.41) is 10.5. The van der Waals surface area contributed by atoms with Gasteiger partial charge in [-0.1, -0.05) is 18.2 Å². The van der Waals surface area contributed by atoms with Crippen LogP contribution in [0.15, 0.2) is 30.5 Å². The monoisotopic (exact) mass is 318 g/mol. The number of aromatic amines is 1. The van der Waals surface area contributed by atoms with Crippen LogP contribution in [0.25, 0.3) is 10.9 Å². The van der Waals surface area contributed by atoms with Crippen LogP contribution < -0.4 is 0 Å². The molecule has 0 spiro atoms. The molecule has 23 heavy (non-hydrogen) atoms. The van der Waals surface area contributed by atoms with E-state index in [1.54, 1.807) is 27.0 Å². The zero-order chi connectivity index (χ0) is 17.2. The summed E-state index contributed by atoms with van der Waals surface area (Å²) in [6, 6.07) is 6.65. The molecule has 1 aromatic heterocycles. The number of carbonyl (C=O) groups excluding carboxylic acids is 1. The van der Waals surface area contributed by atoms with Gasteiger partial charge in [-0.05, 0) is 32.4 Å². The third kappa shape index (κ3) is 4.03. The van der Waals surface area contributed by atoms with Crippen molar-refractivity contribution in [3.63, 3.8) is 0 Å². The average molecular weight is 318 g/mol. The van der Waals surface area contributed by atoms with Crippen molar-refractivity contribution in [3.05, 3.63) is 36.0 Å². The molecule has 0 fully saturated rings. The number of aromatic nitrogens is 1. The molecule has 6 nitrogen and oxygen atoms in total. The number of fused-ring (bicyclic) bond motifs is 1. The average Bonchev–Trinajstić information content (AvgIpc) is 2.85. The minimum atomic E-state index is -1.07. The Morgan fingerprint density at radius 1 is 1.30 bits per heavy atom. The smallest absolute Gasteiger partial charge is 0.410 e. The maximum absolute atomic E-state index is 12.1. The van der Waals surface area contributed by atoms with Crippen molar-refractivity contribution in [2.45, 2.75) is 38.8 Å². The second-order valence-electron chi connectivity index (χ2n) is 6.51. The first-order valence-electron chi connectivity index (χ1n) is 7.42. The molecule has 0 aliphatic rings. The minimum Gasteiger partial charge on any atom is -0.480 e. The van der Waals surface area contributed by atoms with Crippen molar-refractivity contribution < 1.29 is 19.4 Å². The van der Waals surface area contributed by atoms with Gasteiger partial charge in [0.1, 0.15) is 11.6 Å². The molecule has 2 aromatic rings. The standard InChI is InChI=1S/C17H22N2O4/c1-17(2,3)23-16(22)19(4)14(15(20)21)9-11-10-18-13-8-6-5-7-12(11)13/h5-8,10,14,18H,9H2,1-4H3,(H,20,21)/t14-/m0/s1. The lowest BCUT2D eigenvalue weighted by Crippen LogP contribution is -2.46. The van der Waals surface area contributed by atoms with E-state index in [0.29, 0.717) is 0 Å². The summed E-state index contributed by atoms with van der Waals surface area (Å²) in [6.07, 6.45) is 1.34. The van der Waals surface area contributed by atoms with E-state index < -0.39 is 23.7 Å². The lowest BCUT2D eigenvalue weighted by Gasteiger charge is -2.28. The number of aliphatic carboxylic acids is 1. The molecule has 0 aliphatic carbocycles. The van der Waals surface area contributed by atoms with Crippen LogP contribution in [0.3, 0.4) is 0 Å². The van der Waals surface area contributed by atoms with Crippen LogP contribution in [0.2, 0.25) is 0 Å². The van der Waals surface area contributed by atoms with Crippen LogP contribution in [-0.2, 0) is 16.0 Å². The Kier molecular flexibility index (Phi) is 4.63. The number of ether oxygens (including phenoxy) is 1. The fourth-order valence-electron chi connectivity index (χ4n) is 2.36. The Morgan fingerprint density at radius 3 is 2.57 bits per heavy atom. The Hall–Kier alpha value is -2.50. The van der Waals surface area contributed by atoms with Gasteiger partial charge in [0.2, 0.25) is 0 Å². The van der Waals surface area contributed by atoms with E-state index in [1.165, 1.54) is 7.05 Å². The first kappa shape index (κ1) is 16.9. The van der Waals surface area contributed by atoms with Gasteiger partial charge in [0, 0.05) is 30.6 Å². The van der Waals surface area contributed by atoms with Crippen molar-refractivity contribution in [2.75, 3.05) is 7.05 Å². The number of nitrogens with one attached hydrogen (secondary N) is 1. The van der Waals surface area contributed by atoms with Gasteiger partial charge in [-0.25, -0.2) is 9.59 Å². The molecule has 0 aliphatic heterocycles. The molecule has 6 heteroatoms. The maximum atomic E-state index is 12.1. The van der Waals surface area contributed by atoms with Crippen LogP contribution in [-0.4, -0.2) is 45.7 Å². The van der Waals surface area contributed by atoms with E-state index in [-0.39, 0.29) is 6.42 Å². The van der Waals surface area contributed by atoms with Gasteiger partial charge in [-0.2, -0.15) is 0 Å². The van der Waals surface area contributed by atoms with Gasteiger partial charge >= 0.3 is 12.1 Å². The van der Waals surface area contributed by atoms with Crippen LogP contribution in [0, 0.1) is 0 Å². The Morgan fingerprint density at radius 2 is 1.96 bits per heavy atom. The van der Waals surface area contributed by atoms with Gasteiger partial charge in [0.15, 0.2) is 0 Å². The van der Waals surface area contributed by atoms with Gasteiger partial charge in [-0.15, -0.1) is 0 Å². The van der Waals surface area contributed by atoms with Crippen LogP contribution in [0.4, 0.5) is 4.79 Å². The third-order valence-corrected chi connectivity index (χ3v) is 3.52. The quantitative estimate of drug-likeness (QED) is 0.907. The molecule has 2 N–H and O–H groups in total. The molecule has 1 aromatic carbocycles. The fraction of sp³-hybridized carbons (Fsp3) is 0.412. The highest BCUT2D eigenvalue weighted by atomic mass is 16.6. The zero-order valence-corrected chi connectivity index (χ0v) is 13.8. The van der Waals surface area contributed by atoms with E-state index in [1.807, 2.05) is 24.3 Å². The number of carboxylic acids is 1. The molecule has 1 heterocycles. The summed E-state index contributed by atoms with van der Waals surface area (Å²) < 4.78 is 5.25. The van der Waals surface area contributed by atoms with Crippen molar-refractivity contribution in [3.8, 4) is 0 Å². The van der Waals surface area contributed by atoms with E-state index in [2.05, 4.69) is 4.98 Å². The number of para-hydroxylation sites is 1. The predicted molar refractivity (Wildman–Crippen MR) is 87.4 cm³/mol. The Balaban J connectivity index is 2.22. The summed E-state index contributed by atoms with van der Waals surface area (Å²) in [5.41, 5.74) is 1.12. The number of amides is 1. The SMILES string of the molecule is CN(C(=O)OC(C)(C)C)[C@@H](Cc1c[nH]c2ccccc12)C(=O)O. The number of hydrogen-bond donors (Lipinski definition) is 2. The summed E-state index contributed by atoms with van der Waals surface area (Å²) in [6.45, 7) is 5.23. The Labute approximate surface area is 135 Å². The van der Waals surface area contributed by atoms with E-state index >= 15 is 0 Å². The lowest BCUT2D eigenvalue weighted by atomic mass is 10.0. The van der Waals surface area contributed by atoms with Gasteiger partial charge in [-0.3, -0.25) is 4.90 Å². The summed E-state index contributed by atoms with van der Waals surface area (Å²) in [7, 11) is 1.45. The molecule has 0 radical (unpaired) electrons. The molecular formula is C17H22N2O4. The molecular weight excluding hydrogens is 296 g/mol. The number of H-pyrrole nitrogens is 1. The molecule has 0 bridgehead atoms. The number of benzene rings is 1. The normalized spacial score (nSPS) is 12.9. The maximum Gasteiger partial charge on any atom is 0.410 e. The van der Waals surface area contributed by atoms with Crippen LogP contribution in [0.1, 0.15) is 26.3 Å². The molecule has 0 saturated heterocycles. The van der Waals surface area contributed by atoms with E-state index in [4.69, 9.17) is 4.74 Å². The third-order valence-electron chi connectivity index (χ3n) is 3.52. The molecule has 124 valence electrons. The van der Waals surface area contributed by atoms with Crippen molar-refractivity contribution in [2.24, 2.45) is 0 Å². The second-order valence-corrected chi connectivity index (χ2v) is 6.51. The van der Waals surface area contributed by atoms with Crippen LogP contribution in [0.5, 0.6) is 0 Å². The molecule has 1 atom stereocenters. The summed E-state index contributed by atoms with van der Waals surface area (Å²) >= 11 is 0. The molecule has 0 saturated carbocycles. The number of carboxylic acid groups (broad SMARTS) is 1. The van der Waals surface area contributed by atoms with Gasteiger partial charge < -0.3 is 14.8 Å². The highest BCUT2D eigenvalue weighted by molar-refractivity contribution is 5.85. The van der Waals surface area contributed by atoms with Crippen LogP contribution >= 0.6 is 0 Å². The van der Waals surface area contributed by atoms with E-state index in [9.17, 15) is 14.7 Å². The minimum absolute atomic E-state index is 0.203. The number of hydrogen-bond acceptors (Lipinski definition) is 3. The molecule has 2 rings (SSSR count). The highest BCUT2D eigenvalue weighted by Crippen LogP contribution is 2.21.